The maximum Gasteiger partial charge on any atom is 1.00 e. The topological polar surface area (TPSA) is 232 Å². The largest absolute Gasteiger partial charge is 1.00 e. The van der Waals surface area contributed by atoms with Crippen molar-refractivity contribution >= 4 is 48.1 Å². The molecule has 0 radical (unpaired) electrons. The summed E-state index contributed by atoms with van der Waals surface area (Å²) >= 11 is 0. The van der Waals surface area contributed by atoms with Crippen LogP contribution < -0.4 is 63.9 Å². The number of azo groups is 1. The Morgan fingerprint density at radius 3 is 2.09 bits per heavy atom. The van der Waals surface area contributed by atoms with E-state index in [1.165, 1.54) is 7.11 Å². The molecule has 0 amide bonds. The zero-order valence-electron chi connectivity index (χ0n) is 18.2. The third-order valence-electron chi connectivity index (χ3n) is 4.29. The molecule has 3 aromatic rings. The molecule has 0 aliphatic carbocycles. The number of phenols is 2. The summed E-state index contributed by atoms with van der Waals surface area (Å²) in [4.78, 5) is 8.09. The quantitative estimate of drug-likeness (QED) is 0.101. The summed E-state index contributed by atoms with van der Waals surface area (Å²) in [5.41, 5.74) is -1.41. The summed E-state index contributed by atoms with van der Waals surface area (Å²) in [6.45, 7) is 0. The summed E-state index contributed by atoms with van der Waals surface area (Å²) in [6, 6.07) is 4.93. The van der Waals surface area contributed by atoms with E-state index in [1.807, 2.05) is 0 Å². The van der Waals surface area contributed by atoms with Crippen LogP contribution in [0, 0.1) is 10.1 Å². The average molecular weight is 543 g/mol. The molecule has 174 valence electrons. The molecular formula is C17H11N3Na2O11S2. The molecule has 0 bridgehead atoms. The maximum absolute atomic E-state index is 11.8. The Labute approximate surface area is 241 Å². The fraction of sp³-hybridized carbons (Fsp3) is 0.0588. The predicted molar refractivity (Wildman–Crippen MR) is 107 cm³/mol. The maximum atomic E-state index is 11.8. The number of nitrogens with zero attached hydrogens (tertiary/aromatic N) is 3. The monoisotopic (exact) mass is 543 g/mol. The average Bonchev–Trinajstić information content (AvgIpc) is 2.70. The molecule has 0 atom stereocenters. The van der Waals surface area contributed by atoms with E-state index in [2.05, 4.69) is 10.2 Å². The van der Waals surface area contributed by atoms with Gasteiger partial charge in [0.1, 0.15) is 37.4 Å². The van der Waals surface area contributed by atoms with Crippen LogP contribution in [0.2, 0.25) is 0 Å². The molecule has 0 spiro atoms. The first kappa shape index (κ1) is 31.2. The second-order valence-electron chi connectivity index (χ2n) is 6.33. The molecule has 0 saturated heterocycles. The van der Waals surface area contributed by atoms with Gasteiger partial charge in [0.2, 0.25) is 0 Å². The van der Waals surface area contributed by atoms with Crippen LogP contribution in [0.1, 0.15) is 0 Å². The predicted octanol–water partition coefficient (Wildman–Crippen LogP) is -3.60. The number of nitro groups is 1. The zero-order valence-corrected chi connectivity index (χ0v) is 23.8. The minimum Gasteiger partial charge on any atom is -0.744 e. The van der Waals surface area contributed by atoms with Crippen molar-refractivity contribution in [3.63, 3.8) is 0 Å². The van der Waals surface area contributed by atoms with Gasteiger partial charge in [0.05, 0.1) is 33.3 Å². The van der Waals surface area contributed by atoms with Crippen LogP contribution in [0.4, 0.5) is 17.1 Å². The Morgan fingerprint density at radius 2 is 1.57 bits per heavy atom. The first-order chi connectivity index (χ1) is 15.2. The molecule has 0 heterocycles. The molecule has 0 fully saturated rings. The molecule has 0 aliphatic heterocycles. The van der Waals surface area contributed by atoms with Crippen LogP contribution in [0.25, 0.3) is 10.8 Å². The minimum absolute atomic E-state index is 0. The number of aromatic hydroxyl groups is 2. The third-order valence-corrected chi connectivity index (χ3v) is 5.96. The molecule has 0 saturated carbocycles. The molecule has 35 heavy (non-hydrogen) atoms. The van der Waals surface area contributed by atoms with E-state index in [0.29, 0.717) is 18.2 Å². The number of rotatable bonds is 6. The molecule has 3 aromatic carbocycles. The summed E-state index contributed by atoms with van der Waals surface area (Å²) in [7, 11) is -9.25. The van der Waals surface area contributed by atoms with Crippen molar-refractivity contribution in [1.29, 1.82) is 0 Å². The number of benzene rings is 3. The smallest absolute Gasteiger partial charge is 0.744 e. The van der Waals surface area contributed by atoms with Gasteiger partial charge in [-0.25, -0.2) is 16.8 Å². The summed E-state index contributed by atoms with van der Waals surface area (Å²) < 4.78 is 74.0. The number of hydrogen-bond donors (Lipinski definition) is 2. The Kier molecular flexibility index (Phi) is 10.2. The number of nitro benzene ring substituents is 1. The van der Waals surface area contributed by atoms with Crippen molar-refractivity contribution in [3.05, 3.63) is 46.5 Å². The van der Waals surface area contributed by atoms with Crippen molar-refractivity contribution in [1.82, 2.24) is 0 Å². The zero-order chi connectivity index (χ0) is 24.7. The van der Waals surface area contributed by atoms with Crippen molar-refractivity contribution in [2.24, 2.45) is 10.2 Å². The van der Waals surface area contributed by atoms with E-state index >= 15 is 0 Å². The van der Waals surface area contributed by atoms with Crippen LogP contribution in [0.3, 0.4) is 0 Å². The number of phenolic OH excluding ortho intramolecular Hbond substituents is 2. The van der Waals surface area contributed by atoms with Gasteiger partial charge in [-0.3, -0.25) is 10.1 Å². The van der Waals surface area contributed by atoms with Crippen molar-refractivity contribution < 1.29 is 105 Å². The van der Waals surface area contributed by atoms with Crippen molar-refractivity contribution in [3.8, 4) is 17.2 Å². The standard InChI is InChI=1S/C17H13N3O11S2.2Na/c1-31-13-6-9(20(23)24)2-3-11(13)18-19-16-14(33(28,29)30)5-8-4-10(32(25,26)27)7-12(21)15(8)17(16)22;;/h2-7,21-22H,1H3,(H,25,26,27)(H,28,29,30);;/q;2*+1/p-2. The van der Waals surface area contributed by atoms with Gasteiger partial charge in [0, 0.05) is 6.07 Å². The third kappa shape index (κ3) is 6.67. The number of ether oxygens (including phenoxy) is 1. The molecule has 0 unspecified atom stereocenters. The van der Waals surface area contributed by atoms with Crippen LogP contribution in [0.5, 0.6) is 17.2 Å². The molecule has 3 rings (SSSR count). The number of non-ortho nitro benzene ring substituents is 1. The van der Waals surface area contributed by atoms with E-state index in [1.54, 1.807) is 0 Å². The summed E-state index contributed by atoms with van der Waals surface area (Å²) in [5, 5.41) is 37.8. The fourth-order valence-corrected chi connectivity index (χ4v) is 4.01. The first-order valence-electron chi connectivity index (χ1n) is 8.42. The fourth-order valence-electron chi connectivity index (χ4n) is 2.84. The van der Waals surface area contributed by atoms with Crippen LogP contribution in [0.15, 0.2) is 56.4 Å². The SMILES string of the molecule is COc1cc([N+](=O)[O-])ccc1N=Nc1c(S(=O)(=O)[O-])cc2cc(S(=O)(=O)[O-])cc(O)c2c1O.[Na+].[Na+]. The Morgan fingerprint density at radius 1 is 0.943 bits per heavy atom. The number of methoxy groups -OCH3 is 1. The molecule has 14 nitrogen and oxygen atoms in total. The van der Waals surface area contributed by atoms with E-state index in [-0.39, 0.29) is 76.2 Å². The van der Waals surface area contributed by atoms with Crippen LogP contribution in [-0.4, -0.2) is 48.2 Å². The Hall–Kier alpha value is -1.86. The molecule has 18 heteroatoms. The number of fused-ring (bicyclic) bond motifs is 1. The Balaban J connectivity index is 0.00000306. The van der Waals surface area contributed by atoms with E-state index < -0.39 is 62.9 Å². The Bertz CT molecular complexity index is 1560. The van der Waals surface area contributed by atoms with E-state index in [0.717, 1.165) is 18.2 Å². The van der Waals surface area contributed by atoms with E-state index in [4.69, 9.17) is 4.74 Å². The summed E-state index contributed by atoms with van der Waals surface area (Å²) in [6.07, 6.45) is 0. The summed E-state index contributed by atoms with van der Waals surface area (Å²) in [5.74, 6) is -2.12. The molecule has 2 N–H and O–H groups in total. The second kappa shape index (κ2) is 11.5. The van der Waals surface area contributed by atoms with Gasteiger partial charge in [-0.2, -0.15) is 0 Å². The van der Waals surface area contributed by atoms with E-state index in [9.17, 15) is 46.3 Å². The molecular weight excluding hydrogens is 532 g/mol. The van der Waals surface area contributed by atoms with Gasteiger partial charge in [0.15, 0.2) is 11.5 Å². The van der Waals surface area contributed by atoms with Crippen molar-refractivity contribution in [2.75, 3.05) is 7.11 Å². The molecule has 0 aliphatic rings. The number of hydrogen-bond acceptors (Lipinski definition) is 13. The normalized spacial score (nSPS) is 11.6. The van der Waals surface area contributed by atoms with Crippen LogP contribution >= 0.6 is 0 Å². The van der Waals surface area contributed by atoms with Gasteiger partial charge in [-0.15, -0.1) is 10.2 Å². The first-order valence-corrected chi connectivity index (χ1v) is 11.2. The van der Waals surface area contributed by atoms with Crippen LogP contribution in [-0.2, 0) is 20.2 Å². The molecule has 0 aromatic heterocycles. The second-order valence-corrected chi connectivity index (χ2v) is 9.06. The van der Waals surface area contributed by atoms with Gasteiger partial charge in [-0.1, -0.05) is 0 Å². The van der Waals surface area contributed by atoms with Gasteiger partial charge in [0.25, 0.3) is 5.69 Å². The van der Waals surface area contributed by atoms with Gasteiger partial charge >= 0.3 is 59.1 Å². The van der Waals surface area contributed by atoms with Gasteiger partial charge < -0.3 is 24.1 Å². The van der Waals surface area contributed by atoms with Gasteiger partial charge in [-0.05, 0) is 29.7 Å². The minimum atomic E-state index is -5.34. The van der Waals surface area contributed by atoms with Crippen molar-refractivity contribution in [2.45, 2.75) is 9.79 Å².